The van der Waals surface area contributed by atoms with Gasteiger partial charge in [-0.25, -0.2) is 0 Å². The van der Waals surface area contributed by atoms with Crippen LogP contribution in [0.5, 0.6) is 0 Å². The largest absolute Gasteiger partial charge is 0.469 e. The van der Waals surface area contributed by atoms with E-state index in [-0.39, 0.29) is 31.5 Å². The van der Waals surface area contributed by atoms with E-state index in [0.29, 0.717) is 0 Å². The number of Topliss-reactive ketones (excluding diaryl/α,β-unsaturated/α-hetero) is 2. The maximum absolute atomic E-state index is 13.0. The molecule has 0 spiro atoms. The van der Waals surface area contributed by atoms with Crippen molar-refractivity contribution < 1.29 is 28.7 Å². The average molecular weight is 376 g/mol. The highest BCUT2D eigenvalue weighted by molar-refractivity contribution is 6.06. The monoisotopic (exact) mass is 376 g/mol. The number of rotatable bonds is 9. The summed E-state index contributed by atoms with van der Waals surface area (Å²) in [7, 11) is 1.24. The van der Waals surface area contributed by atoms with Gasteiger partial charge in [0.2, 0.25) is 0 Å². The summed E-state index contributed by atoms with van der Waals surface area (Å²) in [4.78, 5) is 49.3. The van der Waals surface area contributed by atoms with Crippen LogP contribution >= 0.6 is 0 Å². The number of ether oxygens (including phenoxy) is 2. The molecule has 148 valence electrons. The summed E-state index contributed by atoms with van der Waals surface area (Å²) in [5.74, 6) is -2.04. The summed E-state index contributed by atoms with van der Waals surface area (Å²) in [5.41, 5.74) is -1.68. The smallest absolute Gasteiger partial charge is 0.320 e. The zero-order valence-corrected chi connectivity index (χ0v) is 16.7. The Morgan fingerprint density at radius 3 is 2.04 bits per heavy atom. The standard InChI is InChI=1S/C21H28O6/c1-15(22)21(19(25)27-20(2,3)4,13-16-9-7-6-8-10-16)14-17(23)11-12-18(24)26-5/h6-10H,11-14H2,1-5H3/t21-/m1/s1. The first kappa shape index (κ1) is 22.5. The van der Waals surface area contributed by atoms with Gasteiger partial charge >= 0.3 is 11.9 Å². The summed E-state index contributed by atoms with van der Waals surface area (Å²) in [6.07, 6.45) is -0.451. The second-order valence-corrected chi connectivity index (χ2v) is 7.59. The topological polar surface area (TPSA) is 86.7 Å². The zero-order valence-electron chi connectivity index (χ0n) is 16.7. The van der Waals surface area contributed by atoms with Gasteiger partial charge in [-0.15, -0.1) is 0 Å². The van der Waals surface area contributed by atoms with Crippen LogP contribution in [-0.2, 0) is 35.1 Å². The number of carbonyl (C=O) groups excluding carboxylic acids is 4. The third-order valence-corrected chi connectivity index (χ3v) is 4.15. The summed E-state index contributed by atoms with van der Waals surface area (Å²) in [6.45, 7) is 6.41. The molecule has 0 fully saturated rings. The van der Waals surface area contributed by atoms with Crippen LogP contribution in [0.1, 0.15) is 52.5 Å². The summed E-state index contributed by atoms with van der Waals surface area (Å²) in [5, 5.41) is 0. The number of esters is 2. The van der Waals surface area contributed by atoms with Gasteiger partial charge in [-0.3, -0.25) is 19.2 Å². The zero-order chi connectivity index (χ0) is 20.7. The maximum atomic E-state index is 13.0. The Morgan fingerprint density at radius 2 is 1.56 bits per heavy atom. The molecule has 0 aliphatic rings. The molecule has 0 bridgehead atoms. The number of hydrogen-bond acceptors (Lipinski definition) is 6. The van der Waals surface area contributed by atoms with E-state index in [1.54, 1.807) is 45.0 Å². The Balaban J connectivity index is 3.18. The molecule has 1 rings (SSSR count). The third-order valence-electron chi connectivity index (χ3n) is 4.15. The van der Waals surface area contributed by atoms with E-state index >= 15 is 0 Å². The fourth-order valence-electron chi connectivity index (χ4n) is 2.69. The first-order valence-corrected chi connectivity index (χ1v) is 8.87. The molecule has 0 aliphatic carbocycles. The third kappa shape index (κ3) is 6.96. The molecule has 27 heavy (non-hydrogen) atoms. The first-order valence-electron chi connectivity index (χ1n) is 8.87. The number of hydrogen-bond donors (Lipinski definition) is 0. The van der Waals surface area contributed by atoms with Crippen LogP contribution in [0.25, 0.3) is 0 Å². The molecule has 0 aliphatic heterocycles. The van der Waals surface area contributed by atoms with Gasteiger partial charge in [0.25, 0.3) is 0 Å². The first-order chi connectivity index (χ1) is 12.5. The van der Waals surface area contributed by atoms with Gasteiger partial charge < -0.3 is 9.47 Å². The molecule has 1 aromatic carbocycles. The summed E-state index contributed by atoms with van der Waals surface area (Å²) < 4.78 is 10.0. The summed E-state index contributed by atoms with van der Waals surface area (Å²) in [6, 6.07) is 9.01. The average Bonchev–Trinajstić information content (AvgIpc) is 2.58. The Labute approximate surface area is 160 Å². The lowest BCUT2D eigenvalue weighted by molar-refractivity contribution is -0.171. The highest BCUT2D eigenvalue weighted by Crippen LogP contribution is 2.33. The van der Waals surface area contributed by atoms with Crippen LogP contribution in [0.4, 0.5) is 0 Å². The molecule has 0 N–H and O–H groups in total. The number of methoxy groups -OCH3 is 1. The predicted octanol–water partition coefficient (Wildman–Crippen LogP) is 3.06. The second-order valence-electron chi connectivity index (χ2n) is 7.59. The molecule has 0 heterocycles. The molecule has 1 aromatic rings. The van der Waals surface area contributed by atoms with Crippen LogP contribution in [0.3, 0.4) is 0 Å². The van der Waals surface area contributed by atoms with E-state index in [4.69, 9.17) is 4.74 Å². The molecule has 0 amide bonds. The minimum absolute atomic E-state index is 0.0576. The lowest BCUT2D eigenvalue weighted by Crippen LogP contribution is -2.46. The Bertz CT molecular complexity index is 686. The van der Waals surface area contributed by atoms with Crippen molar-refractivity contribution in [3.63, 3.8) is 0 Å². The Hall–Kier alpha value is -2.50. The van der Waals surface area contributed by atoms with Crippen LogP contribution in [0.15, 0.2) is 30.3 Å². The van der Waals surface area contributed by atoms with Crippen molar-refractivity contribution in [2.45, 2.75) is 59.0 Å². The molecule has 0 unspecified atom stereocenters. The number of benzene rings is 1. The minimum Gasteiger partial charge on any atom is -0.469 e. The lowest BCUT2D eigenvalue weighted by Gasteiger charge is -2.32. The normalized spacial score (nSPS) is 13.4. The van der Waals surface area contributed by atoms with Gasteiger partial charge in [0, 0.05) is 12.8 Å². The Morgan fingerprint density at radius 1 is 0.963 bits per heavy atom. The fourth-order valence-corrected chi connectivity index (χ4v) is 2.69. The number of ketones is 2. The van der Waals surface area contributed by atoms with Crippen molar-refractivity contribution in [1.82, 2.24) is 0 Å². The van der Waals surface area contributed by atoms with Crippen molar-refractivity contribution in [3.05, 3.63) is 35.9 Å². The van der Waals surface area contributed by atoms with Gasteiger partial charge in [-0.1, -0.05) is 30.3 Å². The van der Waals surface area contributed by atoms with Gasteiger partial charge in [0.05, 0.1) is 13.5 Å². The van der Waals surface area contributed by atoms with E-state index in [2.05, 4.69) is 4.74 Å². The molecule has 6 heteroatoms. The second kappa shape index (κ2) is 9.44. The van der Waals surface area contributed by atoms with Crippen LogP contribution in [-0.4, -0.2) is 36.2 Å². The van der Waals surface area contributed by atoms with Crippen molar-refractivity contribution in [2.24, 2.45) is 5.41 Å². The molecule has 6 nitrogen and oxygen atoms in total. The molecular weight excluding hydrogens is 348 g/mol. The number of carbonyl (C=O) groups is 4. The maximum Gasteiger partial charge on any atom is 0.320 e. The summed E-state index contributed by atoms with van der Waals surface area (Å²) >= 11 is 0. The van der Waals surface area contributed by atoms with Crippen molar-refractivity contribution in [3.8, 4) is 0 Å². The van der Waals surface area contributed by atoms with Gasteiger partial charge in [0.15, 0.2) is 0 Å². The van der Waals surface area contributed by atoms with E-state index in [9.17, 15) is 19.2 Å². The van der Waals surface area contributed by atoms with Gasteiger partial charge in [-0.05, 0) is 39.7 Å². The van der Waals surface area contributed by atoms with E-state index in [1.165, 1.54) is 14.0 Å². The van der Waals surface area contributed by atoms with Gasteiger partial charge in [-0.2, -0.15) is 0 Å². The fraction of sp³-hybridized carbons (Fsp3) is 0.524. The van der Waals surface area contributed by atoms with Crippen LogP contribution in [0, 0.1) is 5.41 Å². The molecule has 0 saturated heterocycles. The van der Waals surface area contributed by atoms with Crippen LogP contribution < -0.4 is 0 Å². The van der Waals surface area contributed by atoms with Crippen molar-refractivity contribution >= 4 is 23.5 Å². The highest BCUT2D eigenvalue weighted by Gasteiger charge is 2.47. The highest BCUT2D eigenvalue weighted by atomic mass is 16.6. The predicted molar refractivity (Wildman–Crippen MR) is 100.0 cm³/mol. The van der Waals surface area contributed by atoms with Crippen molar-refractivity contribution in [1.29, 1.82) is 0 Å². The van der Waals surface area contributed by atoms with Crippen molar-refractivity contribution in [2.75, 3.05) is 7.11 Å². The lowest BCUT2D eigenvalue weighted by atomic mass is 9.73. The van der Waals surface area contributed by atoms with Crippen LogP contribution in [0.2, 0.25) is 0 Å². The van der Waals surface area contributed by atoms with E-state index in [1.807, 2.05) is 6.07 Å². The SMILES string of the molecule is COC(=O)CCC(=O)C[C@](Cc1ccccc1)(C(C)=O)C(=O)OC(C)(C)C. The molecule has 0 radical (unpaired) electrons. The van der Waals surface area contributed by atoms with Gasteiger partial charge in [0.1, 0.15) is 22.6 Å². The van der Waals surface area contributed by atoms with E-state index < -0.39 is 28.7 Å². The molecule has 1 atom stereocenters. The molecular formula is C21H28O6. The minimum atomic E-state index is -1.62. The molecule has 0 aromatic heterocycles. The molecule has 0 saturated carbocycles. The van der Waals surface area contributed by atoms with E-state index in [0.717, 1.165) is 5.56 Å². The Kier molecular flexibility index (Phi) is 7.88. The quantitative estimate of drug-likeness (QED) is 0.486.